The third-order valence-electron chi connectivity index (χ3n) is 4.15. The summed E-state index contributed by atoms with van der Waals surface area (Å²) < 4.78 is 32.0. The molecular weight excluding hydrogens is 439 g/mol. The normalized spacial score (nSPS) is 18.6. The van der Waals surface area contributed by atoms with Gasteiger partial charge in [-0.15, -0.1) is 0 Å². The molecule has 0 saturated carbocycles. The van der Waals surface area contributed by atoms with Crippen LogP contribution in [-0.4, -0.2) is 34.6 Å². The van der Waals surface area contributed by atoms with Crippen molar-refractivity contribution in [3.8, 4) is 0 Å². The summed E-state index contributed by atoms with van der Waals surface area (Å²) in [6.07, 6.45) is 8.09. The Bertz CT molecular complexity index is 474. The quantitative estimate of drug-likeness (QED) is 0.156. The molecule has 1 heterocycles. The molecule has 4 nitrogen and oxygen atoms in total. The van der Waals surface area contributed by atoms with E-state index in [9.17, 15) is 13.2 Å². The average molecular weight is 474 g/mol. The van der Waals surface area contributed by atoms with E-state index < -0.39 is 31.0 Å². The minimum absolute atomic E-state index is 0.0954. The maximum atomic E-state index is 12.5. The van der Waals surface area contributed by atoms with Crippen molar-refractivity contribution in [2.24, 2.45) is 5.92 Å². The first kappa shape index (κ1) is 22.2. The summed E-state index contributed by atoms with van der Waals surface area (Å²) in [7, 11) is -2.86. The minimum atomic E-state index is -2.86. The van der Waals surface area contributed by atoms with Gasteiger partial charge in [-0.3, -0.25) is 0 Å². The van der Waals surface area contributed by atoms with Gasteiger partial charge in [-0.1, -0.05) is 0 Å². The van der Waals surface area contributed by atoms with Gasteiger partial charge in [0.25, 0.3) is 0 Å². The second kappa shape index (κ2) is 10.3. The molecule has 0 unspecified atom stereocenters. The first-order valence-corrected chi connectivity index (χ1v) is 16.5. The Balaban J connectivity index is 2.33. The fourth-order valence-electron chi connectivity index (χ4n) is 2.77. The van der Waals surface area contributed by atoms with E-state index in [1.165, 1.54) is 19.3 Å². The van der Waals surface area contributed by atoms with Crippen LogP contribution in [0.5, 0.6) is 0 Å². The van der Waals surface area contributed by atoms with Crippen LogP contribution in [0.4, 0.5) is 0 Å². The van der Waals surface area contributed by atoms with Crippen LogP contribution in [0, 0.1) is 5.92 Å². The van der Waals surface area contributed by atoms with E-state index >= 15 is 0 Å². The van der Waals surface area contributed by atoms with Gasteiger partial charge in [0.15, 0.2) is 0 Å². The van der Waals surface area contributed by atoms with Crippen LogP contribution in [0.2, 0.25) is 0 Å². The van der Waals surface area contributed by atoms with E-state index in [1.54, 1.807) is 0 Å². The zero-order chi connectivity index (χ0) is 18.2. The molecule has 0 aromatic heterocycles. The van der Waals surface area contributed by atoms with Crippen molar-refractivity contribution < 1.29 is 17.9 Å². The van der Waals surface area contributed by atoms with Crippen molar-refractivity contribution in [1.29, 1.82) is 0 Å². The van der Waals surface area contributed by atoms with Crippen LogP contribution in [0.1, 0.15) is 79.1 Å². The number of halogens is 1. The molecule has 0 bridgehead atoms. The number of carbonyl (C=O) groups is 1. The summed E-state index contributed by atoms with van der Waals surface area (Å²) in [5.41, 5.74) is -0.462. The molecule has 0 aromatic rings. The molecule has 1 aliphatic rings. The number of hydrogen-bond donors (Lipinski definition) is 0. The van der Waals surface area contributed by atoms with Gasteiger partial charge in [-0.25, -0.2) is 0 Å². The van der Waals surface area contributed by atoms with Crippen molar-refractivity contribution >= 4 is 31.4 Å². The average Bonchev–Trinajstić information content (AvgIpc) is 2.49. The zero-order valence-electron chi connectivity index (χ0n) is 15.8. The Kier molecular flexibility index (Phi) is 9.56. The van der Waals surface area contributed by atoms with E-state index in [0.29, 0.717) is 18.6 Å². The van der Waals surface area contributed by atoms with Crippen LogP contribution in [0.15, 0.2) is 0 Å². The second-order valence-corrected chi connectivity index (χ2v) is 20.5. The van der Waals surface area contributed by atoms with E-state index in [2.05, 4.69) is 6.92 Å². The molecule has 1 aliphatic heterocycles. The van der Waals surface area contributed by atoms with Gasteiger partial charge >= 0.3 is 155 Å². The topological polar surface area (TPSA) is 60.4 Å². The van der Waals surface area contributed by atoms with Crippen LogP contribution in [-0.2, 0) is 16.5 Å². The zero-order valence-corrected chi connectivity index (χ0v) is 18.7. The van der Waals surface area contributed by atoms with Crippen molar-refractivity contribution in [3.05, 3.63) is 0 Å². The van der Waals surface area contributed by atoms with Crippen LogP contribution in [0.3, 0.4) is 0 Å². The SMILES string of the molecule is CCCCCCCCS(=O)(=O)I1CCC(C(=O)OC(C)(C)C)CC1. The summed E-state index contributed by atoms with van der Waals surface area (Å²) >= 11 is -1.96. The molecule has 1 rings (SSSR count). The monoisotopic (exact) mass is 474 g/mol. The first-order valence-electron chi connectivity index (χ1n) is 9.24. The number of alkyl halides is 2. The van der Waals surface area contributed by atoms with Crippen molar-refractivity contribution in [2.75, 3.05) is 14.6 Å². The summed E-state index contributed by atoms with van der Waals surface area (Å²) in [6, 6.07) is 0. The number of rotatable bonds is 9. The van der Waals surface area contributed by atoms with Gasteiger partial charge in [0.1, 0.15) is 0 Å². The van der Waals surface area contributed by atoms with Gasteiger partial charge in [-0.05, 0) is 0 Å². The summed E-state index contributed by atoms with van der Waals surface area (Å²) in [5.74, 6) is 0.134. The molecular formula is C18H35IO4S. The number of carbonyl (C=O) groups excluding carboxylic acids is 1. The molecule has 0 radical (unpaired) electrons. The van der Waals surface area contributed by atoms with E-state index in [1.807, 2.05) is 20.8 Å². The van der Waals surface area contributed by atoms with Crippen molar-refractivity contribution in [3.63, 3.8) is 0 Å². The number of unbranched alkanes of at least 4 members (excludes halogenated alkanes) is 5. The molecule has 24 heavy (non-hydrogen) atoms. The molecule has 0 N–H and O–H groups in total. The van der Waals surface area contributed by atoms with Crippen molar-refractivity contribution in [1.82, 2.24) is 0 Å². The van der Waals surface area contributed by atoms with E-state index in [0.717, 1.165) is 28.1 Å². The third kappa shape index (κ3) is 8.50. The van der Waals surface area contributed by atoms with Gasteiger partial charge < -0.3 is 0 Å². The predicted octanol–water partition coefficient (Wildman–Crippen LogP) is 4.93. The van der Waals surface area contributed by atoms with E-state index in [-0.39, 0.29) is 11.9 Å². The number of esters is 1. The van der Waals surface area contributed by atoms with Crippen LogP contribution in [0.25, 0.3) is 0 Å². The standard InChI is InChI=1S/C18H35IO4S/c1-5-6-7-8-9-10-15-24(21,22)19-13-11-16(12-14-19)17(20)23-18(2,3)4/h16H,5-15H2,1-4H3. The molecule has 0 spiro atoms. The number of hydrogen-bond acceptors (Lipinski definition) is 4. The van der Waals surface area contributed by atoms with Gasteiger partial charge in [0.05, 0.1) is 0 Å². The molecule has 1 saturated heterocycles. The molecule has 0 aromatic carbocycles. The van der Waals surface area contributed by atoms with Crippen LogP contribution < -0.4 is 0 Å². The Hall–Kier alpha value is 0.150. The third-order valence-corrected chi connectivity index (χ3v) is 18.3. The van der Waals surface area contributed by atoms with Gasteiger partial charge in [0.2, 0.25) is 0 Å². The predicted molar refractivity (Wildman–Crippen MR) is 109 cm³/mol. The summed E-state index contributed by atoms with van der Waals surface area (Å²) in [5, 5.41) is 0. The molecule has 0 atom stereocenters. The van der Waals surface area contributed by atoms with Gasteiger partial charge in [0, 0.05) is 0 Å². The summed E-state index contributed by atoms with van der Waals surface area (Å²) in [4.78, 5) is 12.1. The first-order chi connectivity index (χ1) is 11.2. The Morgan fingerprint density at radius 1 is 1.04 bits per heavy atom. The molecule has 1 fully saturated rings. The van der Waals surface area contributed by atoms with Gasteiger partial charge in [-0.2, -0.15) is 0 Å². The Morgan fingerprint density at radius 2 is 1.58 bits per heavy atom. The van der Waals surface area contributed by atoms with Crippen molar-refractivity contribution in [2.45, 2.75) is 84.7 Å². The summed E-state index contributed by atoms with van der Waals surface area (Å²) in [6.45, 7) is 7.80. The Labute approximate surface area is 154 Å². The van der Waals surface area contributed by atoms with Crippen LogP contribution >= 0.6 is 18.4 Å². The van der Waals surface area contributed by atoms with E-state index in [4.69, 9.17) is 4.74 Å². The fourth-order valence-corrected chi connectivity index (χ4v) is 15.5. The maximum absolute atomic E-state index is 12.5. The molecule has 144 valence electrons. The molecule has 0 amide bonds. The second-order valence-electron chi connectivity index (χ2n) is 7.60. The Morgan fingerprint density at radius 3 is 2.12 bits per heavy atom. The molecule has 0 aliphatic carbocycles. The molecule has 6 heteroatoms. The fraction of sp³-hybridized carbons (Fsp3) is 0.944. The number of ether oxygens (including phenoxy) is 1.